The monoisotopic (exact) mass is 419 g/mol. The fourth-order valence-corrected chi connectivity index (χ4v) is 6.12. The van der Waals surface area contributed by atoms with Crippen molar-refractivity contribution in [1.29, 1.82) is 0 Å². The van der Waals surface area contributed by atoms with Crippen LogP contribution in [0.1, 0.15) is 75.6 Å². The van der Waals surface area contributed by atoms with E-state index < -0.39 is 0 Å². The molecule has 0 spiro atoms. The summed E-state index contributed by atoms with van der Waals surface area (Å²) in [7, 11) is 0. The second-order valence-electron chi connectivity index (χ2n) is 10.3. The van der Waals surface area contributed by atoms with Gasteiger partial charge in [-0.05, 0) is 49.3 Å². The summed E-state index contributed by atoms with van der Waals surface area (Å²) in [6.07, 6.45) is 15.4. The predicted octanol–water partition coefficient (Wildman–Crippen LogP) is 5.39. The second-order valence-corrected chi connectivity index (χ2v) is 10.3. The standard InChI is InChI=1S/C27H37N3O/c1-3-25-23-14-13-21(15-26(23)30(28-25)22-11-7-8-12-22)24-17-29(18-27(24,2)19-31)16-20-9-5-4-6-10-20/h5,9-10,13-15,22,24,31H,3-4,6-8,11-12,16-19H2,1-2H3/t24-,27-/m0/s1. The molecule has 0 radical (unpaired) electrons. The van der Waals surface area contributed by atoms with Gasteiger partial charge >= 0.3 is 0 Å². The molecule has 2 aromatic rings. The Morgan fingerprint density at radius 1 is 1.19 bits per heavy atom. The van der Waals surface area contributed by atoms with Crippen LogP contribution in [0.5, 0.6) is 0 Å². The molecule has 2 atom stereocenters. The van der Waals surface area contributed by atoms with Crippen molar-refractivity contribution in [3.05, 3.63) is 53.3 Å². The molecule has 1 saturated carbocycles. The van der Waals surface area contributed by atoms with Crippen LogP contribution in [0.4, 0.5) is 0 Å². The summed E-state index contributed by atoms with van der Waals surface area (Å²) in [5.74, 6) is 0.340. The lowest BCUT2D eigenvalue weighted by Crippen LogP contribution is -2.31. The van der Waals surface area contributed by atoms with Crippen molar-refractivity contribution >= 4 is 10.9 Å². The Morgan fingerprint density at radius 3 is 2.74 bits per heavy atom. The summed E-state index contributed by atoms with van der Waals surface area (Å²) in [5.41, 5.74) is 5.20. The van der Waals surface area contributed by atoms with E-state index in [1.165, 1.54) is 53.4 Å². The topological polar surface area (TPSA) is 41.3 Å². The van der Waals surface area contributed by atoms with E-state index in [1.54, 1.807) is 0 Å². The molecule has 0 unspecified atom stereocenters. The van der Waals surface area contributed by atoms with Crippen molar-refractivity contribution in [3.63, 3.8) is 0 Å². The first-order valence-electron chi connectivity index (χ1n) is 12.3. The number of benzene rings is 1. The highest BCUT2D eigenvalue weighted by Crippen LogP contribution is 2.44. The second kappa shape index (κ2) is 8.55. The van der Waals surface area contributed by atoms with E-state index in [0.29, 0.717) is 12.0 Å². The smallest absolute Gasteiger partial charge is 0.0700 e. The van der Waals surface area contributed by atoms with Crippen LogP contribution in [0.3, 0.4) is 0 Å². The van der Waals surface area contributed by atoms with Crippen LogP contribution in [0, 0.1) is 5.41 Å². The van der Waals surface area contributed by atoms with Gasteiger partial charge in [-0.2, -0.15) is 5.10 Å². The minimum absolute atomic E-state index is 0.113. The summed E-state index contributed by atoms with van der Waals surface area (Å²) >= 11 is 0. The highest BCUT2D eigenvalue weighted by atomic mass is 16.3. The third-order valence-corrected chi connectivity index (χ3v) is 7.92. The molecule has 1 aromatic carbocycles. The number of hydrogen-bond acceptors (Lipinski definition) is 3. The summed E-state index contributed by atoms with van der Waals surface area (Å²) < 4.78 is 2.34. The molecule has 2 fully saturated rings. The zero-order valence-corrected chi connectivity index (χ0v) is 19.2. The van der Waals surface area contributed by atoms with Crippen LogP contribution in [-0.2, 0) is 6.42 Å². The van der Waals surface area contributed by atoms with Gasteiger partial charge in [0.1, 0.15) is 0 Å². The van der Waals surface area contributed by atoms with Gasteiger partial charge in [0.25, 0.3) is 0 Å². The van der Waals surface area contributed by atoms with Crippen LogP contribution in [0.15, 0.2) is 42.0 Å². The zero-order valence-electron chi connectivity index (χ0n) is 19.2. The van der Waals surface area contributed by atoms with E-state index in [9.17, 15) is 5.11 Å². The summed E-state index contributed by atoms with van der Waals surface area (Å²) in [5, 5.41) is 16.8. The summed E-state index contributed by atoms with van der Waals surface area (Å²) in [6, 6.07) is 7.56. The van der Waals surface area contributed by atoms with Gasteiger partial charge in [-0.25, -0.2) is 0 Å². The molecular formula is C27H37N3O. The molecule has 5 rings (SSSR count). The Balaban J connectivity index is 1.47. The summed E-state index contributed by atoms with van der Waals surface area (Å²) in [6.45, 7) is 7.64. The van der Waals surface area contributed by atoms with E-state index >= 15 is 0 Å². The largest absolute Gasteiger partial charge is 0.396 e. The average Bonchev–Trinajstić information content (AvgIpc) is 3.51. The Kier molecular flexibility index (Phi) is 5.78. The third kappa shape index (κ3) is 3.89. The van der Waals surface area contributed by atoms with Crippen LogP contribution in [0.2, 0.25) is 0 Å². The van der Waals surface area contributed by atoms with Gasteiger partial charge in [-0.1, -0.05) is 57.0 Å². The van der Waals surface area contributed by atoms with Crippen LogP contribution < -0.4 is 0 Å². The Bertz CT molecular complexity index is 997. The Morgan fingerprint density at radius 2 is 2.03 bits per heavy atom. The quantitative estimate of drug-likeness (QED) is 0.683. The number of aromatic nitrogens is 2. The average molecular weight is 420 g/mol. The van der Waals surface area contributed by atoms with Crippen molar-refractivity contribution in [2.75, 3.05) is 26.2 Å². The first-order chi connectivity index (χ1) is 15.1. The zero-order chi connectivity index (χ0) is 21.4. The molecule has 1 N–H and O–H groups in total. The Labute approximate surface area is 186 Å². The van der Waals surface area contributed by atoms with E-state index in [-0.39, 0.29) is 12.0 Å². The molecule has 31 heavy (non-hydrogen) atoms. The molecule has 4 heteroatoms. The highest BCUT2D eigenvalue weighted by molar-refractivity contribution is 5.83. The van der Waals surface area contributed by atoms with Gasteiger partial charge in [-0.15, -0.1) is 0 Å². The van der Waals surface area contributed by atoms with Gasteiger partial charge in [0.2, 0.25) is 0 Å². The van der Waals surface area contributed by atoms with Gasteiger partial charge in [-0.3, -0.25) is 9.58 Å². The molecule has 4 nitrogen and oxygen atoms in total. The van der Waals surface area contributed by atoms with Crippen molar-refractivity contribution in [3.8, 4) is 0 Å². The van der Waals surface area contributed by atoms with E-state index in [0.717, 1.165) is 38.9 Å². The van der Waals surface area contributed by atoms with Crippen molar-refractivity contribution in [2.45, 2.75) is 70.8 Å². The maximum Gasteiger partial charge on any atom is 0.0700 e. The van der Waals surface area contributed by atoms with Gasteiger partial charge < -0.3 is 5.11 Å². The van der Waals surface area contributed by atoms with Crippen LogP contribution >= 0.6 is 0 Å². The number of allylic oxidation sites excluding steroid dienone is 2. The van der Waals surface area contributed by atoms with E-state index in [2.05, 4.69) is 59.9 Å². The van der Waals surface area contributed by atoms with Crippen molar-refractivity contribution < 1.29 is 5.11 Å². The number of aliphatic hydroxyl groups is 1. The number of aryl methyl sites for hydroxylation is 1. The van der Waals surface area contributed by atoms with Crippen LogP contribution in [-0.4, -0.2) is 46.0 Å². The highest BCUT2D eigenvalue weighted by Gasteiger charge is 2.43. The lowest BCUT2D eigenvalue weighted by molar-refractivity contribution is 0.134. The van der Waals surface area contributed by atoms with E-state index in [1.807, 2.05) is 0 Å². The summed E-state index contributed by atoms with van der Waals surface area (Å²) in [4.78, 5) is 2.54. The van der Waals surface area contributed by atoms with E-state index in [4.69, 9.17) is 5.10 Å². The first kappa shape index (κ1) is 21.0. The number of hydrogen-bond donors (Lipinski definition) is 1. The lowest BCUT2D eigenvalue weighted by Gasteiger charge is -2.29. The molecule has 0 amide bonds. The molecule has 2 aliphatic carbocycles. The molecule has 166 valence electrons. The molecular weight excluding hydrogens is 382 g/mol. The molecule has 1 aliphatic heterocycles. The molecule has 1 aromatic heterocycles. The van der Waals surface area contributed by atoms with Gasteiger partial charge in [0.05, 0.1) is 23.9 Å². The van der Waals surface area contributed by atoms with Crippen molar-refractivity contribution in [1.82, 2.24) is 14.7 Å². The molecule has 1 saturated heterocycles. The normalized spacial score (nSPS) is 27.5. The first-order valence-corrected chi connectivity index (χ1v) is 12.3. The number of rotatable bonds is 6. The van der Waals surface area contributed by atoms with Crippen LogP contribution in [0.25, 0.3) is 10.9 Å². The minimum Gasteiger partial charge on any atom is -0.396 e. The fraction of sp³-hybridized carbons (Fsp3) is 0.593. The predicted molar refractivity (Wildman–Crippen MR) is 127 cm³/mol. The fourth-order valence-electron chi connectivity index (χ4n) is 6.12. The SMILES string of the molecule is CCc1nn(C2CCCC2)c2cc([C@@H]3CN(CC4=CCCC=C4)C[C@@]3(C)CO)ccc12. The third-order valence-electron chi connectivity index (χ3n) is 7.92. The minimum atomic E-state index is -0.113. The van der Waals surface area contributed by atoms with Crippen molar-refractivity contribution in [2.24, 2.45) is 5.41 Å². The Hall–Kier alpha value is -1.91. The number of nitrogens with zero attached hydrogens (tertiary/aromatic N) is 3. The van der Waals surface area contributed by atoms with Gasteiger partial charge in [0, 0.05) is 36.4 Å². The number of likely N-dealkylation sites (tertiary alicyclic amines) is 1. The number of fused-ring (bicyclic) bond motifs is 1. The molecule has 2 heterocycles. The molecule has 0 bridgehead atoms. The lowest BCUT2D eigenvalue weighted by atomic mass is 9.76. The van der Waals surface area contributed by atoms with Gasteiger partial charge in [0.15, 0.2) is 0 Å². The number of aliphatic hydroxyl groups excluding tert-OH is 1. The molecule has 3 aliphatic rings. The maximum absolute atomic E-state index is 10.4. The maximum atomic E-state index is 10.4.